The third-order valence-electron chi connectivity index (χ3n) is 8.23. The predicted molar refractivity (Wildman–Crippen MR) is 163 cm³/mol. The van der Waals surface area contributed by atoms with Crippen LogP contribution >= 0.6 is 0 Å². The van der Waals surface area contributed by atoms with Crippen LogP contribution in [-0.2, 0) is 0 Å². The van der Waals surface area contributed by atoms with Gasteiger partial charge in [-0.05, 0) is 60.7 Å². The zero-order chi connectivity index (χ0) is 25.5. The van der Waals surface area contributed by atoms with Crippen LogP contribution < -0.4 is 15.1 Å². The van der Waals surface area contributed by atoms with Crippen molar-refractivity contribution >= 4 is 57.3 Å². The smallest absolute Gasteiger partial charge is 0.347 e. The third-order valence-corrected chi connectivity index (χ3v) is 8.23. The minimum atomic E-state index is -0.0744. The zero-order valence-corrected chi connectivity index (χ0v) is 21.1. The molecule has 4 nitrogen and oxygen atoms in total. The first kappa shape index (κ1) is 20.9. The van der Waals surface area contributed by atoms with Gasteiger partial charge in [0.25, 0.3) is 0 Å². The van der Waals surface area contributed by atoms with Gasteiger partial charge in [-0.1, -0.05) is 78.9 Å². The molecule has 0 aliphatic carbocycles. The summed E-state index contributed by atoms with van der Waals surface area (Å²) in [5, 5.41) is 2.47. The Morgan fingerprint density at radius 3 is 1.33 bits per heavy atom. The molecule has 0 spiro atoms. The van der Waals surface area contributed by atoms with Gasteiger partial charge in [-0.2, -0.15) is 0 Å². The van der Waals surface area contributed by atoms with E-state index in [1.165, 1.54) is 50.3 Å². The van der Waals surface area contributed by atoms with Crippen LogP contribution in [0.5, 0.6) is 0 Å². The monoisotopic (exact) mass is 498 g/mol. The van der Waals surface area contributed by atoms with Gasteiger partial charge in [-0.15, -0.1) is 0 Å². The van der Waals surface area contributed by atoms with Crippen LogP contribution in [0.3, 0.4) is 0 Å². The van der Waals surface area contributed by atoms with E-state index in [2.05, 4.69) is 158 Å². The van der Waals surface area contributed by atoms with Gasteiger partial charge in [-0.25, -0.2) is 0 Å². The Labute approximate surface area is 226 Å². The molecule has 39 heavy (non-hydrogen) atoms. The van der Waals surface area contributed by atoms with Gasteiger partial charge in [0.2, 0.25) is 0 Å². The molecule has 0 bridgehead atoms. The van der Waals surface area contributed by atoms with E-state index in [1.54, 1.807) is 0 Å². The molecule has 0 N–H and O–H groups in total. The van der Waals surface area contributed by atoms with Crippen LogP contribution in [0.15, 0.2) is 140 Å². The highest BCUT2D eigenvalue weighted by molar-refractivity contribution is 6.85. The first-order valence-electron chi connectivity index (χ1n) is 13.4. The van der Waals surface area contributed by atoms with Gasteiger partial charge in [-0.3, -0.25) is 9.13 Å². The maximum absolute atomic E-state index is 2.51. The maximum Gasteiger partial charge on any atom is 0.427 e. The minimum Gasteiger partial charge on any atom is -0.347 e. The summed E-state index contributed by atoms with van der Waals surface area (Å²) in [5.74, 6) is 2.34. The van der Waals surface area contributed by atoms with Gasteiger partial charge in [0.1, 0.15) is 11.6 Å². The zero-order valence-electron chi connectivity index (χ0n) is 21.1. The maximum atomic E-state index is 2.51. The number of para-hydroxylation sites is 4. The van der Waals surface area contributed by atoms with Crippen LogP contribution in [-0.4, -0.2) is 16.1 Å². The van der Waals surface area contributed by atoms with E-state index in [9.17, 15) is 0 Å². The van der Waals surface area contributed by atoms with Crippen LogP contribution in [0.1, 0.15) is 0 Å². The molecule has 0 saturated carbocycles. The lowest BCUT2D eigenvalue weighted by atomic mass is 9.59. The second-order valence-electron chi connectivity index (χ2n) is 10.3. The van der Waals surface area contributed by atoms with Crippen LogP contribution in [0.25, 0.3) is 33.2 Å². The lowest BCUT2D eigenvalue weighted by molar-refractivity contribution is 1.02. The molecule has 5 heteroatoms. The first-order valence-corrected chi connectivity index (χ1v) is 13.4. The summed E-state index contributed by atoms with van der Waals surface area (Å²) in [7, 11) is 0. The molecule has 0 fully saturated rings. The molecule has 0 saturated heterocycles. The Bertz CT molecular complexity index is 1900. The molecule has 5 aromatic carbocycles. The SMILES string of the molecule is c1ccc(N2B3c4c(cccc4-n4c(cc5ccccc54)N3c3ccccc3)-n3c2cc2ccccc23)cc1. The molecule has 9 rings (SSSR count). The van der Waals surface area contributed by atoms with Gasteiger partial charge in [0, 0.05) is 39.0 Å². The van der Waals surface area contributed by atoms with E-state index in [4.69, 9.17) is 0 Å². The Hall–Kier alpha value is -5.16. The normalized spacial score (nSPS) is 13.5. The first-order chi connectivity index (χ1) is 19.4. The predicted octanol–water partition coefficient (Wildman–Crippen LogP) is 7.57. The molecule has 0 amide bonds. The average Bonchev–Trinajstić information content (AvgIpc) is 3.57. The molecule has 0 radical (unpaired) electrons. The van der Waals surface area contributed by atoms with Crippen LogP contribution in [0, 0.1) is 0 Å². The number of aromatic nitrogens is 2. The van der Waals surface area contributed by atoms with Crippen LogP contribution in [0.2, 0.25) is 0 Å². The van der Waals surface area contributed by atoms with Gasteiger partial charge >= 0.3 is 6.98 Å². The summed E-state index contributed by atoms with van der Waals surface area (Å²) < 4.78 is 4.88. The Kier molecular flexibility index (Phi) is 4.11. The number of nitrogens with zero attached hydrogens (tertiary/aromatic N) is 4. The quantitative estimate of drug-likeness (QED) is 0.229. The summed E-state index contributed by atoms with van der Waals surface area (Å²) in [6.07, 6.45) is 0. The molecule has 2 aromatic heterocycles. The fourth-order valence-electron chi connectivity index (χ4n) is 6.69. The second-order valence-corrected chi connectivity index (χ2v) is 10.3. The van der Waals surface area contributed by atoms with Crippen molar-refractivity contribution in [3.05, 3.63) is 140 Å². The molecule has 0 atom stereocenters. The van der Waals surface area contributed by atoms with Crippen molar-refractivity contribution in [1.82, 2.24) is 9.13 Å². The average molecular weight is 498 g/mol. The van der Waals surface area contributed by atoms with Gasteiger partial charge in [0.15, 0.2) is 0 Å². The number of rotatable bonds is 2. The highest BCUT2D eigenvalue weighted by Gasteiger charge is 2.48. The number of benzene rings is 5. The molecular weight excluding hydrogens is 475 g/mol. The van der Waals surface area contributed by atoms with Crippen molar-refractivity contribution in [2.24, 2.45) is 0 Å². The topological polar surface area (TPSA) is 16.3 Å². The van der Waals surface area contributed by atoms with Crippen molar-refractivity contribution in [2.45, 2.75) is 0 Å². The van der Waals surface area contributed by atoms with Gasteiger partial charge in [0.05, 0.1) is 11.0 Å². The van der Waals surface area contributed by atoms with E-state index >= 15 is 0 Å². The molecule has 2 aliphatic rings. The molecule has 4 heterocycles. The number of fused-ring (bicyclic) bond motifs is 8. The fraction of sp³-hybridized carbons (Fsp3) is 0. The Morgan fingerprint density at radius 2 is 0.846 bits per heavy atom. The molecule has 7 aromatic rings. The summed E-state index contributed by atoms with van der Waals surface area (Å²) in [4.78, 5) is 5.03. The summed E-state index contributed by atoms with van der Waals surface area (Å²) in [5.41, 5.74) is 8.52. The van der Waals surface area contributed by atoms with Crippen LogP contribution in [0.4, 0.5) is 23.0 Å². The molecular formula is C34H23BN4. The van der Waals surface area contributed by atoms with E-state index in [0.29, 0.717) is 0 Å². The number of anilines is 4. The third kappa shape index (κ3) is 2.74. The van der Waals surface area contributed by atoms with E-state index in [1.807, 2.05) is 0 Å². The highest BCUT2D eigenvalue weighted by atomic mass is 15.4. The number of hydrogen-bond acceptors (Lipinski definition) is 2. The summed E-state index contributed by atoms with van der Waals surface area (Å²) in [6, 6.07) is 50.5. The molecule has 2 aliphatic heterocycles. The second kappa shape index (κ2) is 7.68. The van der Waals surface area contributed by atoms with Crippen molar-refractivity contribution in [1.29, 1.82) is 0 Å². The molecule has 0 unspecified atom stereocenters. The minimum absolute atomic E-state index is 0.0744. The highest BCUT2D eigenvalue weighted by Crippen LogP contribution is 2.46. The summed E-state index contributed by atoms with van der Waals surface area (Å²) >= 11 is 0. The van der Waals surface area contributed by atoms with E-state index in [0.717, 1.165) is 11.4 Å². The van der Waals surface area contributed by atoms with Gasteiger partial charge < -0.3 is 9.62 Å². The van der Waals surface area contributed by atoms with Crippen molar-refractivity contribution in [3.8, 4) is 11.4 Å². The van der Waals surface area contributed by atoms with Crippen molar-refractivity contribution in [3.63, 3.8) is 0 Å². The Balaban J connectivity index is 1.47. The lowest BCUT2D eigenvalue weighted by Gasteiger charge is -2.47. The van der Waals surface area contributed by atoms with Crippen molar-refractivity contribution < 1.29 is 0 Å². The largest absolute Gasteiger partial charge is 0.427 e. The lowest BCUT2D eigenvalue weighted by Crippen LogP contribution is -2.63. The standard InChI is InChI=1S/C34H23BN4/c1-3-14-26(15-4-1)38-32-22-24-12-7-9-18-28(24)36(32)30-20-11-21-31-34(30)35(38)39(27-16-5-2-6-17-27)33-23-25-13-8-10-19-29(25)37(31)33/h1-23H. The van der Waals surface area contributed by atoms with E-state index in [-0.39, 0.29) is 6.98 Å². The number of hydrogen-bond donors (Lipinski definition) is 0. The van der Waals surface area contributed by atoms with E-state index < -0.39 is 0 Å². The fourth-order valence-corrected chi connectivity index (χ4v) is 6.69. The molecule has 182 valence electrons. The summed E-state index contributed by atoms with van der Waals surface area (Å²) in [6.45, 7) is -0.0744. The Morgan fingerprint density at radius 1 is 0.410 bits per heavy atom. The van der Waals surface area contributed by atoms with Crippen molar-refractivity contribution in [2.75, 3.05) is 9.62 Å².